The Morgan fingerprint density at radius 1 is 0.778 bits per heavy atom. The minimum atomic E-state index is 0.839. The minimum absolute atomic E-state index is 0.839. The third-order valence-electron chi connectivity index (χ3n) is 6.18. The van der Waals surface area contributed by atoms with Crippen LogP contribution < -0.4 is 0 Å². The summed E-state index contributed by atoms with van der Waals surface area (Å²) in [5.74, 6) is 0.839. The van der Waals surface area contributed by atoms with Gasteiger partial charge in [0.15, 0.2) is 0 Å². The molecule has 2 aromatic rings. The lowest BCUT2D eigenvalue weighted by Crippen LogP contribution is -2.48. The average Bonchev–Trinajstić information content (AvgIpc) is 2.71. The number of nitrogens with zero attached hydrogens (tertiary/aromatic N) is 3. The van der Waals surface area contributed by atoms with Crippen molar-refractivity contribution in [3.63, 3.8) is 0 Å². The Morgan fingerprint density at radius 2 is 1.48 bits per heavy atom. The summed E-state index contributed by atoms with van der Waals surface area (Å²) in [4.78, 5) is 7.80. The van der Waals surface area contributed by atoms with E-state index in [0.717, 1.165) is 12.5 Å². The third kappa shape index (κ3) is 5.19. The Labute approximate surface area is 164 Å². The van der Waals surface area contributed by atoms with Crippen LogP contribution in [0.25, 0.3) is 11.1 Å². The van der Waals surface area contributed by atoms with E-state index in [-0.39, 0.29) is 0 Å². The molecule has 1 unspecified atom stereocenters. The molecule has 0 N–H and O–H groups in total. The summed E-state index contributed by atoms with van der Waals surface area (Å²) in [5.41, 5.74) is 4.05. The van der Waals surface area contributed by atoms with E-state index in [4.69, 9.17) is 0 Å². The Morgan fingerprint density at radius 3 is 2.22 bits per heavy atom. The van der Waals surface area contributed by atoms with Gasteiger partial charge in [-0.1, -0.05) is 54.6 Å². The van der Waals surface area contributed by atoms with Gasteiger partial charge in [0.2, 0.25) is 0 Å². The van der Waals surface area contributed by atoms with Crippen LogP contribution in [0.15, 0.2) is 54.6 Å². The van der Waals surface area contributed by atoms with Crippen LogP contribution >= 0.6 is 0 Å². The summed E-state index contributed by atoms with van der Waals surface area (Å²) >= 11 is 0. The molecule has 2 aliphatic heterocycles. The third-order valence-corrected chi connectivity index (χ3v) is 6.18. The van der Waals surface area contributed by atoms with Crippen LogP contribution in [0.5, 0.6) is 0 Å². The van der Waals surface area contributed by atoms with Crippen LogP contribution in [-0.4, -0.2) is 67.6 Å². The topological polar surface area (TPSA) is 9.72 Å². The van der Waals surface area contributed by atoms with Crippen LogP contribution in [-0.2, 0) is 6.54 Å². The monoisotopic (exact) mass is 363 g/mol. The zero-order chi connectivity index (χ0) is 18.5. The first kappa shape index (κ1) is 18.7. The fraction of sp³-hybridized carbons (Fsp3) is 0.500. The molecule has 1 atom stereocenters. The summed E-state index contributed by atoms with van der Waals surface area (Å²) in [6, 6.07) is 19.8. The van der Waals surface area contributed by atoms with Gasteiger partial charge in [-0.05, 0) is 49.0 Å². The molecule has 2 aromatic carbocycles. The first-order valence-corrected chi connectivity index (χ1v) is 10.5. The number of hydrogen-bond acceptors (Lipinski definition) is 3. The van der Waals surface area contributed by atoms with Gasteiger partial charge in [-0.25, -0.2) is 0 Å². The molecular formula is C24H33N3. The summed E-state index contributed by atoms with van der Waals surface area (Å²) in [6.45, 7) is 9.83. The maximum Gasteiger partial charge on any atom is 0.0233 e. The lowest BCUT2D eigenvalue weighted by Gasteiger charge is -2.38. The Hall–Kier alpha value is -1.68. The van der Waals surface area contributed by atoms with E-state index < -0.39 is 0 Å². The van der Waals surface area contributed by atoms with E-state index in [9.17, 15) is 0 Å². The molecule has 27 heavy (non-hydrogen) atoms. The molecule has 0 radical (unpaired) electrons. The van der Waals surface area contributed by atoms with Crippen molar-refractivity contribution >= 4 is 0 Å². The fourth-order valence-electron chi connectivity index (χ4n) is 4.53. The molecule has 0 aromatic heterocycles. The second-order valence-corrected chi connectivity index (χ2v) is 8.41. The van der Waals surface area contributed by atoms with Gasteiger partial charge in [0.1, 0.15) is 0 Å². The van der Waals surface area contributed by atoms with Crippen molar-refractivity contribution in [2.45, 2.75) is 19.4 Å². The molecule has 3 nitrogen and oxygen atoms in total. The second-order valence-electron chi connectivity index (χ2n) is 8.41. The van der Waals surface area contributed by atoms with Gasteiger partial charge in [0.05, 0.1) is 0 Å². The molecule has 2 saturated heterocycles. The number of hydrogen-bond donors (Lipinski definition) is 0. The van der Waals surface area contributed by atoms with Crippen molar-refractivity contribution in [1.82, 2.24) is 14.7 Å². The number of benzene rings is 2. The zero-order valence-electron chi connectivity index (χ0n) is 16.7. The van der Waals surface area contributed by atoms with Crippen molar-refractivity contribution in [2.24, 2.45) is 5.92 Å². The van der Waals surface area contributed by atoms with E-state index in [0.29, 0.717) is 0 Å². The maximum atomic E-state index is 2.68. The van der Waals surface area contributed by atoms with Gasteiger partial charge < -0.3 is 9.80 Å². The largest absolute Gasteiger partial charge is 0.304 e. The summed E-state index contributed by atoms with van der Waals surface area (Å²) in [5, 5.41) is 0. The molecule has 2 aliphatic rings. The fourth-order valence-corrected chi connectivity index (χ4v) is 4.53. The summed E-state index contributed by atoms with van der Waals surface area (Å²) in [6.07, 6.45) is 2.75. The highest BCUT2D eigenvalue weighted by Crippen LogP contribution is 2.23. The van der Waals surface area contributed by atoms with Gasteiger partial charge >= 0.3 is 0 Å². The lowest BCUT2D eigenvalue weighted by atomic mass is 9.96. The highest BCUT2D eigenvalue weighted by molar-refractivity contribution is 5.63. The number of likely N-dealkylation sites (tertiary alicyclic amines) is 1. The van der Waals surface area contributed by atoms with E-state index in [1.807, 2.05) is 0 Å². The van der Waals surface area contributed by atoms with Crippen LogP contribution in [0.3, 0.4) is 0 Å². The van der Waals surface area contributed by atoms with Gasteiger partial charge in [0.25, 0.3) is 0 Å². The normalized spacial score (nSPS) is 22.8. The minimum Gasteiger partial charge on any atom is -0.304 e. The lowest BCUT2D eigenvalue weighted by molar-refractivity contribution is 0.0966. The number of rotatable bonds is 5. The van der Waals surface area contributed by atoms with Gasteiger partial charge in [-0.15, -0.1) is 0 Å². The molecule has 0 saturated carbocycles. The van der Waals surface area contributed by atoms with E-state index in [1.54, 1.807) is 0 Å². The summed E-state index contributed by atoms with van der Waals surface area (Å²) in [7, 11) is 2.24. The Balaban J connectivity index is 1.30. The van der Waals surface area contributed by atoms with Gasteiger partial charge in [-0.2, -0.15) is 0 Å². The molecular weight excluding hydrogens is 330 g/mol. The van der Waals surface area contributed by atoms with E-state index in [2.05, 4.69) is 76.3 Å². The van der Waals surface area contributed by atoms with Crippen LogP contribution in [0, 0.1) is 5.92 Å². The molecule has 4 rings (SSSR count). The number of likely N-dealkylation sites (N-methyl/N-ethyl adjacent to an activating group) is 1. The molecule has 0 bridgehead atoms. The SMILES string of the molecule is CN1CCN(CC2CCCN(Cc3ccc(-c4ccccc4)cc3)C2)CC1. The van der Waals surface area contributed by atoms with Gasteiger partial charge in [0, 0.05) is 45.8 Å². The first-order chi connectivity index (χ1) is 13.3. The average molecular weight is 364 g/mol. The molecule has 0 aliphatic carbocycles. The first-order valence-electron chi connectivity index (χ1n) is 10.5. The quantitative estimate of drug-likeness (QED) is 0.800. The molecule has 2 fully saturated rings. The molecule has 0 amide bonds. The van der Waals surface area contributed by atoms with Crippen LogP contribution in [0.2, 0.25) is 0 Å². The van der Waals surface area contributed by atoms with Crippen LogP contribution in [0.1, 0.15) is 18.4 Å². The standard InChI is InChI=1S/C24H33N3/c1-25-14-16-26(17-15-25)19-22-6-5-13-27(20-22)18-21-9-11-24(12-10-21)23-7-3-2-4-8-23/h2-4,7-12,22H,5-6,13-20H2,1H3. The molecule has 2 heterocycles. The molecule has 3 heteroatoms. The van der Waals surface area contributed by atoms with Crippen molar-refractivity contribution < 1.29 is 0 Å². The van der Waals surface area contributed by atoms with Gasteiger partial charge in [-0.3, -0.25) is 4.90 Å². The predicted molar refractivity (Wildman–Crippen MR) is 114 cm³/mol. The summed E-state index contributed by atoms with van der Waals surface area (Å²) < 4.78 is 0. The zero-order valence-corrected chi connectivity index (χ0v) is 16.7. The Bertz CT molecular complexity index is 689. The highest BCUT2D eigenvalue weighted by atomic mass is 15.2. The molecule has 144 valence electrons. The Kier molecular flexibility index (Phi) is 6.23. The van der Waals surface area contributed by atoms with Crippen molar-refractivity contribution in [3.05, 3.63) is 60.2 Å². The van der Waals surface area contributed by atoms with E-state index >= 15 is 0 Å². The maximum absolute atomic E-state index is 2.68. The second kappa shape index (κ2) is 9.01. The highest BCUT2D eigenvalue weighted by Gasteiger charge is 2.23. The van der Waals surface area contributed by atoms with Crippen molar-refractivity contribution in [2.75, 3.05) is 52.9 Å². The van der Waals surface area contributed by atoms with Crippen molar-refractivity contribution in [1.29, 1.82) is 0 Å². The van der Waals surface area contributed by atoms with Crippen LogP contribution in [0.4, 0.5) is 0 Å². The number of piperidine rings is 1. The molecule has 0 spiro atoms. The predicted octanol–water partition coefficient (Wildman–Crippen LogP) is 3.81. The van der Waals surface area contributed by atoms with Crippen molar-refractivity contribution in [3.8, 4) is 11.1 Å². The smallest absolute Gasteiger partial charge is 0.0233 e. The number of piperazine rings is 1. The van der Waals surface area contributed by atoms with E-state index in [1.165, 1.54) is 75.3 Å².